The zero-order valence-electron chi connectivity index (χ0n) is 17.8. The second kappa shape index (κ2) is 11.6. The first-order valence-electron chi connectivity index (χ1n) is 10.4. The van der Waals surface area contributed by atoms with E-state index in [1.54, 1.807) is 18.2 Å². The number of alkyl carbamates (subject to hydrolysis) is 1. The van der Waals surface area contributed by atoms with Gasteiger partial charge >= 0.3 is 12.1 Å². The third-order valence-corrected chi connectivity index (χ3v) is 4.82. The minimum atomic E-state index is -1.21. The SMILES string of the molecule is O=C(C[C@H](O)CNC(=O)OCc1ccccc1)N[C@H](Cc1ccc2ccccc2n1)C(=O)O. The first kappa shape index (κ1) is 23.7. The maximum absolute atomic E-state index is 12.2. The Hall–Kier alpha value is -3.98. The van der Waals surface area contributed by atoms with Gasteiger partial charge in [0, 0.05) is 24.0 Å². The third kappa shape index (κ3) is 7.58. The summed E-state index contributed by atoms with van der Waals surface area (Å²) in [5.74, 6) is -1.87. The van der Waals surface area contributed by atoms with Crippen molar-refractivity contribution in [2.45, 2.75) is 31.6 Å². The van der Waals surface area contributed by atoms with Crippen LogP contribution in [0.1, 0.15) is 17.7 Å². The van der Waals surface area contributed by atoms with Crippen LogP contribution in [0.4, 0.5) is 4.79 Å². The molecule has 33 heavy (non-hydrogen) atoms. The number of aromatic nitrogens is 1. The minimum absolute atomic E-state index is 0.00787. The van der Waals surface area contributed by atoms with Gasteiger partial charge in [-0.1, -0.05) is 54.6 Å². The Morgan fingerprint density at radius 1 is 0.970 bits per heavy atom. The van der Waals surface area contributed by atoms with Gasteiger partial charge in [-0.25, -0.2) is 9.59 Å². The number of hydrogen-bond acceptors (Lipinski definition) is 6. The summed E-state index contributed by atoms with van der Waals surface area (Å²) in [6.45, 7) is -0.142. The molecule has 3 rings (SSSR count). The molecule has 0 aliphatic carbocycles. The van der Waals surface area contributed by atoms with Gasteiger partial charge in [-0.15, -0.1) is 0 Å². The van der Waals surface area contributed by atoms with Crippen molar-refractivity contribution in [3.05, 3.63) is 78.0 Å². The molecule has 4 N–H and O–H groups in total. The number of ether oxygens (including phenoxy) is 1. The lowest BCUT2D eigenvalue weighted by Crippen LogP contribution is -2.44. The largest absolute Gasteiger partial charge is 0.480 e. The molecule has 2 aromatic carbocycles. The third-order valence-electron chi connectivity index (χ3n) is 4.82. The van der Waals surface area contributed by atoms with Gasteiger partial charge in [0.15, 0.2) is 0 Å². The van der Waals surface area contributed by atoms with E-state index < -0.39 is 30.1 Å². The second-order valence-corrected chi connectivity index (χ2v) is 7.46. The highest BCUT2D eigenvalue weighted by molar-refractivity contribution is 5.84. The first-order valence-corrected chi connectivity index (χ1v) is 10.4. The number of carbonyl (C=O) groups is 3. The Kier molecular flexibility index (Phi) is 8.31. The van der Waals surface area contributed by atoms with E-state index in [9.17, 15) is 24.6 Å². The molecule has 172 valence electrons. The van der Waals surface area contributed by atoms with Gasteiger partial charge in [0.1, 0.15) is 12.6 Å². The number of aliphatic hydroxyl groups is 1. The summed E-state index contributed by atoms with van der Waals surface area (Å²) in [7, 11) is 0. The maximum atomic E-state index is 12.2. The molecule has 9 nitrogen and oxygen atoms in total. The fraction of sp³-hybridized carbons (Fsp3) is 0.250. The van der Waals surface area contributed by atoms with Crippen LogP contribution in [0, 0.1) is 0 Å². The van der Waals surface area contributed by atoms with Crippen LogP contribution in [0.3, 0.4) is 0 Å². The van der Waals surface area contributed by atoms with Crippen LogP contribution in [0.15, 0.2) is 66.7 Å². The molecule has 0 aliphatic heterocycles. The number of aliphatic carboxylic acids is 1. The quantitative estimate of drug-likeness (QED) is 0.370. The molecule has 0 saturated carbocycles. The Balaban J connectivity index is 1.44. The average Bonchev–Trinajstić information content (AvgIpc) is 2.81. The van der Waals surface area contributed by atoms with Crippen molar-refractivity contribution in [1.29, 1.82) is 0 Å². The monoisotopic (exact) mass is 451 g/mol. The lowest BCUT2D eigenvalue weighted by Gasteiger charge is -2.16. The molecule has 2 amide bonds. The molecule has 0 unspecified atom stereocenters. The number of para-hydroxylation sites is 1. The number of nitrogens with one attached hydrogen (secondary N) is 2. The van der Waals surface area contributed by atoms with E-state index in [1.807, 2.05) is 48.5 Å². The number of carboxylic acid groups (broad SMARTS) is 1. The number of aliphatic hydroxyl groups excluding tert-OH is 1. The van der Waals surface area contributed by atoms with E-state index in [0.29, 0.717) is 5.69 Å². The number of hydrogen-bond donors (Lipinski definition) is 4. The van der Waals surface area contributed by atoms with E-state index in [2.05, 4.69) is 15.6 Å². The number of amides is 2. The van der Waals surface area contributed by atoms with Crippen molar-refractivity contribution in [3.8, 4) is 0 Å². The van der Waals surface area contributed by atoms with E-state index >= 15 is 0 Å². The lowest BCUT2D eigenvalue weighted by molar-refractivity contribution is -0.142. The fourth-order valence-electron chi connectivity index (χ4n) is 3.15. The molecule has 0 bridgehead atoms. The summed E-state index contributed by atoms with van der Waals surface area (Å²) in [5, 5.41) is 25.2. The topological polar surface area (TPSA) is 138 Å². The van der Waals surface area contributed by atoms with Crippen LogP contribution in [0.25, 0.3) is 10.9 Å². The maximum Gasteiger partial charge on any atom is 0.407 e. The molecule has 3 aromatic rings. The van der Waals surface area contributed by atoms with Crippen molar-refractivity contribution in [1.82, 2.24) is 15.6 Å². The smallest absolute Gasteiger partial charge is 0.407 e. The van der Waals surface area contributed by atoms with Crippen LogP contribution >= 0.6 is 0 Å². The molecular weight excluding hydrogens is 426 g/mol. The van der Waals surface area contributed by atoms with Crippen LogP contribution < -0.4 is 10.6 Å². The Morgan fingerprint density at radius 2 is 1.70 bits per heavy atom. The zero-order chi connectivity index (χ0) is 23.6. The minimum Gasteiger partial charge on any atom is -0.480 e. The van der Waals surface area contributed by atoms with E-state index in [-0.39, 0.29) is 26.0 Å². The molecule has 0 aliphatic rings. The lowest BCUT2D eigenvalue weighted by atomic mass is 10.1. The molecule has 1 aromatic heterocycles. The summed E-state index contributed by atoms with van der Waals surface area (Å²) in [6, 6.07) is 18.9. The van der Waals surface area contributed by atoms with Crippen molar-refractivity contribution < 1.29 is 29.3 Å². The standard InChI is InChI=1S/C24H25N3O6/c28-19(14-25-24(32)33-15-16-6-2-1-3-7-16)13-22(29)27-21(23(30)31)12-18-11-10-17-8-4-5-9-20(17)26-18/h1-11,19,21,28H,12-15H2,(H,25,32)(H,27,29)(H,30,31)/t19-,21+/m0/s1. The zero-order valence-corrected chi connectivity index (χ0v) is 17.8. The highest BCUT2D eigenvalue weighted by Gasteiger charge is 2.23. The van der Waals surface area contributed by atoms with Gasteiger partial charge in [-0.05, 0) is 17.7 Å². The number of carbonyl (C=O) groups excluding carboxylic acids is 2. The van der Waals surface area contributed by atoms with Crippen molar-refractivity contribution in [3.63, 3.8) is 0 Å². The second-order valence-electron chi connectivity index (χ2n) is 7.46. The summed E-state index contributed by atoms with van der Waals surface area (Å²) in [5.41, 5.74) is 2.06. The number of pyridine rings is 1. The van der Waals surface area contributed by atoms with E-state index in [1.165, 1.54) is 0 Å². The molecule has 1 heterocycles. The van der Waals surface area contributed by atoms with Crippen LogP contribution in [-0.2, 0) is 27.4 Å². The van der Waals surface area contributed by atoms with Gasteiger partial charge in [0.05, 0.1) is 18.0 Å². The van der Waals surface area contributed by atoms with Crippen molar-refractivity contribution in [2.24, 2.45) is 0 Å². The first-order chi connectivity index (χ1) is 15.9. The number of benzene rings is 2. The average molecular weight is 451 g/mol. The Bertz CT molecular complexity index is 1110. The highest BCUT2D eigenvalue weighted by Crippen LogP contribution is 2.13. The number of carboxylic acids is 1. The predicted molar refractivity (Wildman–Crippen MR) is 120 cm³/mol. The molecule has 0 fully saturated rings. The Morgan fingerprint density at radius 3 is 2.45 bits per heavy atom. The number of fused-ring (bicyclic) bond motifs is 1. The normalized spacial score (nSPS) is 12.5. The molecule has 0 radical (unpaired) electrons. The van der Waals surface area contributed by atoms with Gasteiger partial charge in [0.2, 0.25) is 5.91 Å². The molecular formula is C24H25N3O6. The molecule has 2 atom stereocenters. The van der Waals surface area contributed by atoms with Crippen molar-refractivity contribution in [2.75, 3.05) is 6.54 Å². The van der Waals surface area contributed by atoms with E-state index in [0.717, 1.165) is 16.5 Å². The van der Waals surface area contributed by atoms with Crippen molar-refractivity contribution >= 4 is 28.9 Å². The predicted octanol–water partition coefficient (Wildman–Crippen LogP) is 2.02. The van der Waals surface area contributed by atoms with Crippen LogP contribution in [0.5, 0.6) is 0 Å². The number of rotatable bonds is 10. The van der Waals surface area contributed by atoms with Gasteiger partial charge < -0.3 is 25.6 Å². The summed E-state index contributed by atoms with van der Waals surface area (Å²) < 4.78 is 5.03. The van der Waals surface area contributed by atoms with Gasteiger partial charge in [-0.2, -0.15) is 0 Å². The fourth-order valence-corrected chi connectivity index (χ4v) is 3.15. The summed E-state index contributed by atoms with van der Waals surface area (Å²) in [6.07, 6.45) is -2.33. The van der Waals surface area contributed by atoms with Crippen LogP contribution in [0.2, 0.25) is 0 Å². The highest BCUT2D eigenvalue weighted by atomic mass is 16.5. The Labute approximate surface area is 190 Å². The van der Waals surface area contributed by atoms with E-state index in [4.69, 9.17) is 4.74 Å². The molecule has 9 heteroatoms. The molecule has 0 saturated heterocycles. The molecule has 0 spiro atoms. The van der Waals surface area contributed by atoms with Gasteiger partial charge in [0.25, 0.3) is 0 Å². The summed E-state index contributed by atoms with van der Waals surface area (Å²) in [4.78, 5) is 40.0. The van der Waals surface area contributed by atoms with Crippen LogP contribution in [-0.4, -0.2) is 51.9 Å². The number of nitrogens with zero attached hydrogens (tertiary/aromatic N) is 1. The van der Waals surface area contributed by atoms with Gasteiger partial charge in [-0.3, -0.25) is 9.78 Å². The summed E-state index contributed by atoms with van der Waals surface area (Å²) >= 11 is 0.